The maximum Gasteiger partial charge on any atom is 0.243 e. The number of likely N-dealkylation sites (N-methyl/N-ethyl adjacent to an activating group) is 1. The molecule has 0 aliphatic rings. The van der Waals surface area contributed by atoms with Crippen LogP contribution >= 0.6 is 0 Å². The minimum Gasteiger partial charge on any atom is -0.493 e. The minimum absolute atomic E-state index is 0.0473. The van der Waals surface area contributed by atoms with Gasteiger partial charge >= 0.3 is 0 Å². The zero-order valence-electron chi connectivity index (χ0n) is 16.7. The van der Waals surface area contributed by atoms with Gasteiger partial charge in [-0.3, -0.25) is 4.79 Å². The van der Waals surface area contributed by atoms with E-state index in [0.717, 1.165) is 6.54 Å². The van der Waals surface area contributed by atoms with Crippen molar-refractivity contribution in [1.82, 2.24) is 15.5 Å². The number of para-hydroxylation sites is 2. The molecule has 0 fully saturated rings. The number of hydrogen-bond acceptors (Lipinski definition) is 4. The monoisotopic (exact) mass is 364 g/mol. The lowest BCUT2D eigenvalue weighted by atomic mass is 10.2. The van der Waals surface area contributed by atoms with Gasteiger partial charge in [-0.25, -0.2) is 4.99 Å². The number of ether oxygens (including phenoxy) is 2. The van der Waals surface area contributed by atoms with Crippen LogP contribution in [0.2, 0.25) is 0 Å². The summed E-state index contributed by atoms with van der Waals surface area (Å²) in [5.41, 5.74) is 0. The first-order chi connectivity index (χ1) is 12.3. The predicted octanol–water partition coefficient (Wildman–Crippen LogP) is 1.74. The highest BCUT2D eigenvalue weighted by molar-refractivity contribution is 5.84. The van der Waals surface area contributed by atoms with Gasteiger partial charge in [0.15, 0.2) is 17.5 Å². The fraction of sp³-hybridized carbons (Fsp3) is 0.579. The third-order valence-electron chi connectivity index (χ3n) is 3.50. The first-order valence-electron chi connectivity index (χ1n) is 8.85. The molecule has 2 N–H and O–H groups in total. The van der Waals surface area contributed by atoms with Crippen molar-refractivity contribution in [3.63, 3.8) is 0 Å². The summed E-state index contributed by atoms with van der Waals surface area (Å²) in [7, 11) is 5.05. The van der Waals surface area contributed by atoms with Crippen molar-refractivity contribution in [2.45, 2.75) is 26.9 Å². The first kappa shape index (κ1) is 21.6. The largest absolute Gasteiger partial charge is 0.493 e. The van der Waals surface area contributed by atoms with Crippen LogP contribution in [0.3, 0.4) is 0 Å². The first-order valence-corrected chi connectivity index (χ1v) is 8.85. The van der Waals surface area contributed by atoms with Gasteiger partial charge in [0, 0.05) is 20.6 Å². The van der Waals surface area contributed by atoms with Crippen LogP contribution in [0.15, 0.2) is 29.3 Å². The Kier molecular flexibility index (Phi) is 9.33. The quantitative estimate of drug-likeness (QED) is 0.516. The molecule has 7 nitrogen and oxygen atoms in total. The number of benzene rings is 1. The summed E-state index contributed by atoms with van der Waals surface area (Å²) in [6, 6.07) is 7.54. The highest BCUT2D eigenvalue weighted by atomic mass is 16.5. The summed E-state index contributed by atoms with van der Waals surface area (Å²) in [4.78, 5) is 17.6. The number of carbonyl (C=O) groups excluding carboxylic acids is 1. The number of hydrogen-bond donors (Lipinski definition) is 2. The van der Waals surface area contributed by atoms with Crippen molar-refractivity contribution in [3.05, 3.63) is 24.3 Å². The number of aliphatic imine (C=N–C) groups is 1. The fourth-order valence-corrected chi connectivity index (χ4v) is 1.98. The minimum atomic E-state index is -0.109. The molecule has 0 bridgehead atoms. The van der Waals surface area contributed by atoms with Gasteiger partial charge in [-0.2, -0.15) is 0 Å². The van der Waals surface area contributed by atoms with Crippen LogP contribution in [0.5, 0.6) is 11.5 Å². The van der Waals surface area contributed by atoms with E-state index >= 15 is 0 Å². The van der Waals surface area contributed by atoms with E-state index in [-0.39, 0.29) is 18.6 Å². The van der Waals surface area contributed by atoms with Gasteiger partial charge in [-0.15, -0.1) is 0 Å². The van der Waals surface area contributed by atoms with Crippen LogP contribution in [0.25, 0.3) is 0 Å². The van der Waals surface area contributed by atoms with E-state index in [1.165, 1.54) is 4.90 Å². The van der Waals surface area contributed by atoms with Crippen LogP contribution in [0.4, 0.5) is 0 Å². The van der Waals surface area contributed by atoms with E-state index in [1.54, 1.807) is 21.2 Å². The summed E-state index contributed by atoms with van der Waals surface area (Å²) in [5, 5.41) is 6.47. The zero-order valence-corrected chi connectivity index (χ0v) is 16.7. The average molecular weight is 364 g/mol. The van der Waals surface area contributed by atoms with Crippen LogP contribution in [-0.4, -0.2) is 63.7 Å². The van der Waals surface area contributed by atoms with E-state index in [0.29, 0.717) is 29.9 Å². The fourth-order valence-electron chi connectivity index (χ4n) is 1.98. The molecular weight excluding hydrogens is 332 g/mol. The number of nitrogens with zero attached hydrogens (tertiary/aromatic N) is 2. The molecule has 0 spiro atoms. The molecule has 1 aromatic rings. The molecule has 7 heteroatoms. The van der Waals surface area contributed by atoms with Gasteiger partial charge < -0.3 is 25.0 Å². The van der Waals surface area contributed by atoms with Gasteiger partial charge in [-0.05, 0) is 25.0 Å². The van der Waals surface area contributed by atoms with Crippen molar-refractivity contribution in [3.8, 4) is 11.5 Å². The number of guanidine groups is 1. The Balaban J connectivity index is 2.63. The molecular formula is C19H32N4O3. The van der Waals surface area contributed by atoms with Crippen LogP contribution in [-0.2, 0) is 4.79 Å². The SMILES string of the molecule is COc1ccccc1OC(C)CNC(=NCC(=O)N(C)C)NCC(C)C. The normalized spacial score (nSPS) is 12.5. The number of methoxy groups -OCH3 is 1. The second-order valence-corrected chi connectivity index (χ2v) is 6.69. The Labute approximate surface area is 156 Å². The molecule has 0 saturated carbocycles. The lowest BCUT2D eigenvalue weighted by Gasteiger charge is -2.20. The van der Waals surface area contributed by atoms with Gasteiger partial charge in [0.2, 0.25) is 5.91 Å². The van der Waals surface area contributed by atoms with Gasteiger partial charge in [-0.1, -0.05) is 26.0 Å². The topological polar surface area (TPSA) is 75.2 Å². The molecule has 0 aliphatic carbocycles. The highest BCUT2D eigenvalue weighted by Crippen LogP contribution is 2.26. The summed E-state index contributed by atoms with van der Waals surface area (Å²) < 4.78 is 11.2. The molecule has 1 unspecified atom stereocenters. The Morgan fingerprint density at radius 1 is 1.12 bits per heavy atom. The van der Waals surface area contributed by atoms with Crippen molar-refractivity contribution in [2.75, 3.05) is 40.8 Å². The molecule has 0 saturated heterocycles. The van der Waals surface area contributed by atoms with E-state index < -0.39 is 0 Å². The van der Waals surface area contributed by atoms with Crippen LogP contribution in [0, 0.1) is 5.92 Å². The summed E-state index contributed by atoms with van der Waals surface area (Å²) in [6.45, 7) is 7.60. The molecule has 0 radical (unpaired) electrons. The molecule has 26 heavy (non-hydrogen) atoms. The molecule has 1 rings (SSSR count). The average Bonchev–Trinajstić information content (AvgIpc) is 2.60. The maximum absolute atomic E-state index is 11.8. The number of rotatable bonds is 9. The molecule has 1 aromatic carbocycles. The van der Waals surface area contributed by atoms with Crippen molar-refractivity contribution in [1.29, 1.82) is 0 Å². The molecule has 1 amide bonds. The van der Waals surface area contributed by atoms with Gasteiger partial charge in [0.25, 0.3) is 0 Å². The zero-order chi connectivity index (χ0) is 19.5. The highest BCUT2D eigenvalue weighted by Gasteiger charge is 2.10. The van der Waals surface area contributed by atoms with Crippen LogP contribution in [0.1, 0.15) is 20.8 Å². The summed E-state index contributed by atoms with van der Waals surface area (Å²) >= 11 is 0. The number of amides is 1. The van der Waals surface area contributed by atoms with Crippen molar-refractivity contribution in [2.24, 2.45) is 10.9 Å². The van der Waals surface area contributed by atoms with Crippen molar-refractivity contribution < 1.29 is 14.3 Å². The standard InChI is InChI=1S/C19H32N4O3/c1-14(2)11-20-19(22-13-18(24)23(4)5)21-12-15(3)26-17-10-8-7-9-16(17)25-6/h7-10,14-15H,11-13H2,1-6H3,(H2,20,21,22). The molecule has 1 atom stereocenters. The lowest BCUT2D eigenvalue weighted by Crippen LogP contribution is -2.43. The summed E-state index contributed by atoms with van der Waals surface area (Å²) in [6.07, 6.45) is -0.109. The van der Waals surface area contributed by atoms with E-state index in [4.69, 9.17) is 9.47 Å². The van der Waals surface area contributed by atoms with E-state index in [1.807, 2.05) is 31.2 Å². The summed E-state index contributed by atoms with van der Waals surface area (Å²) in [5.74, 6) is 2.41. The van der Waals surface area contributed by atoms with Gasteiger partial charge in [0.05, 0.1) is 13.7 Å². The Morgan fingerprint density at radius 3 is 2.31 bits per heavy atom. The Morgan fingerprint density at radius 2 is 1.73 bits per heavy atom. The lowest BCUT2D eigenvalue weighted by molar-refractivity contribution is -0.127. The molecule has 0 heterocycles. The number of nitrogens with one attached hydrogen (secondary N) is 2. The van der Waals surface area contributed by atoms with E-state index in [2.05, 4.69) is 29.5 Å². The van der Waals surface area contributed by atoms with Crippen molar-refractivity contribution >= 4 is 11.9 Å². The Hall–Kier alpha value is -2.44. The second-order valence-electron chi connectivity index (χ2n) is 6.69. The predicted molar refractivity (Wildman–Crippen MR) is 105 cm³/mol. The van der Waals surface area contributed by atoms with E-state index in [9.17, 15) is 4.79 Å². The van der Waals surface area contributed by atoms with Gasteiger partial charge in [0.1, 0.15) is 12.6 Å². The molecule has 146 valence electrons. The third-order valence-corrected chi connectivity index (χ3v) is 3.50. The Bertz CT molecular complexity index is 588. The maximum atomic E-state index is 11.8. The smallest absolute Gasteiger partial charge is 0.243 e. The molecule has 0 aromatic heterocycles. The molecule has 0 aliphatic heterocycles. The number of carbonyl (C=O) groups is 1. The second kappa shape index (κ2) is 11.2. The van der Waals surface area contributed by atoms with Crippen LogP contribution < -0.4 is 20.1 Å². The third kappa shape index (κ3) is 8.09.